The van der Waals surface area contributed by atoms with Crippen molar-refractivity contribution in [3.05, 3.63) is 71.8 Å². The molecule has 6 atom stereocenters. The van der Waals surface area contributed by atoms with E-state index >= 15 is 0 Å². The molecule has 46 heavy (non-hydrogen) atoms. The number of aliphatic hydroxyl groups is 1. The molecule has 2 aromatic carbocycles. The van der Waals surface area contributed by atoms with E-state index in [9.17, 15) is 29.1 Å². The first-order chi connectivity index (χ1) is 21.8. The molecule has 4 aliphatic rings. The van der Waals surface area contributed by atoms with Gasteiger partial charge >= 0.3 is 5.97 Å². The van der Waals surface area contributed by atoms with Gasteiger partial charge in [0.15, 0.2) is 20.1 Å². The monoisotopic (exact) mass is 647 g/mol. The minimum absolute atomic E-state index is 0.0581. The van der Waals surface area contributed by atoms with E-state index in [2.05, 4.69) is 6.58 Å². The summed E-state index contributed by atoms with van der Waals surface area (Å²) in [6.07, 6.45) is 0.601. The summed E-state index contributed by atoms with van der Waals surface area (Å²) in [5.41, 5.74) is 1.67. The molecule has 6 rings (SSSR count). The maximum atomic E-state index is 14.5. The Balaban J connectivity index is 1.38. The first-order valence-electron chi connectivity index (χ1n) is 15.8. The number of benzene rings is 2. The van der Waals surface area contributed by atoms with Gasteiger partial charge < -0.3 is 29.2 Å². The zero-order chi connectivity index (χ0) is 33.1. The summed E-state index contributed by atoms with van der Waals surface area (Å²) in [5.74, 6) is -1.80. The lowest BCUT2D eigenvalue weighted by molar-refractivity contribution is -0.154. The van der Waals surface area contributed by atoms with Gasteiger partial charge in [-0.05, 0) is 48.8 Å². The van der Waals surface area contributed by atoms with E-state index in [1.807, 2.05) is 31.2 Å². The lowest BCUT2D eigenvalue weighted by Crippen LogP contribution is -2.55. The second-order valence-electron chi connectivity index (χ2n) is 13.3. The van der Waals surface area contributed by atoms with Gasteiger partial charge in [-0.2, -0.15) is 0 Å². The number of rotatable bonds is 8. The molecule has 0 radical (unpaired) electrons. The molecule has 11 nitrogen and oxygen atoms in total. The first kappa shape index (κ1) is 32.1. The fraction of sp³-hybridized carbons (Fsp3) is 0.471. The van der Waals surface area contributed by atoms with Gasteiger partial charge in [0.1, 0.15) is 0 Å². The highest BCUT2D eigenvalue weighted by Gasteiger charge is 2.66. The number of carbonyl (C=O) groups is 4. The molecule has 0 bridgehead atoms. The highest BCUT2D eigenvalue weighted by molar-refractivity contribution is 6.71. The van der Waals surface area contributed by atoms with Gasteiger partial charge in [0, 0.05) is 42.7 Å². The van der Waals surface area contributed by atoms with Crippen LogP contribution in [0.4, 0.5) is 11.4 Å². The van der Waals surface area contributed by atoms with Crippen LogP contribution in [0.25, 0.3) is 0 Å². The molecule has 244 valence electrons. The molecule has 0 aliphatic carbocycles. The molecule has 4 heterocycles. The van der Waals surface area contributed by atoms with Crippen molar-refractivity contribution >= 4 is 43.4 Å². The normalized spacial score (nSPS) is 28.7. The van der Waals surface area contributed by atoms with Gasteiger partial charge in [-0.15, -0.1) is 6.58 Å². The van der Waals surface area contributed by atoms with Crippen LogP contribution in [0.3, 0.4) is 0 Å². The van der Waals surface area contributed by atoms with Crippen molar-refractivity contribution in [2.24, 2.45) is 5.92 Å². The SMILES string of the molecule is C=CCN1C(=O)[C@]2(O[C@H](CC(=O)N3Cc4ccccc4C[C@H]3CO)[C@@H]([Si](C)(C)O)[C@@H]2C)c2cc(N3C(=O)CC3OC(C)=O)ccc21. The highest BCUT2D eigenvalue weighted by Crippen LogP contribution is 2.60. The molecule has 0 aromatic heterocycles. The largest absolute Gasteiger partial charge is 0.441 e. The average Bonchev–Trinajstić information content (AvgIpc) is 3.42. The first-order valence-corrected chi connectivity index (χ1v) is 18.8. The van der Waals surface area contributed by atoms with Crippen LogP contribution in [0.1, 0.15) is 43.4 Å². The van der Waals surface area contributed by atoms with Crippen LogP contribution in [0.5, 0.6) is 0 Å². The Labute approximate surface area is 269 Å². The predicted molar refractivity (Wildman–Crippen MR) is 172 cm³/mol. The molecular formula is C34H41N3O8Si. The molecule has 12 heteroatoms. The van der Waals surface area contributed by atoms with E-state index in [1.165, 1.54) is 11.8 Å². The Hall–Kier alpha value is -3.84. The number of nitrogens with zero attached hydrogens (tertiary/aromatic N) is 3. The Bertz CT molecular complexity index is 1610. The van der Waals surface area contributed by atoms with E-state index in [1.54, 1.807) is 47.2 Å². The van der Waals surface area contributed by atoms with Crippen LogP contribution < -0.4 is 9.80 Å². The predicted octanol–water partition coefficient (Wildman–Crippen LogP) is 2.98. The standard InChI is InChI=1S/C34H41N3O8Si/c1-6-13-35-27-12-11-24(37-30(41)17-31(37)44-21(3)39)15-26(27)34(33(35)42)20(2)32(46(4,5)43)28(45-34)16-29(40)36-18-23-10-8-7-9-22(23)14-25(36)19-38/h6-12,15,20,25,28,31-32,38,43H,1,13-14,16-19H2,2-5H3/t20-,25-,28+,31?,32-,34+/m0/s1. The number of fused-ring (bicyclic) bond motifs is 3. The Morgan fingerprint density at radius 3 is 2.50 bits per heavy atom. The zero-order valence-electron chi connectivity index (χ0n) is 26.6. The number of carbonyl (C=O) groups excluding carboxylic acids is 4. The second kappa shape index (κ2) is 11.7. The van der Waals surface area contributed by atoms with Crippen molar-refractivity contribution in [2.75, 3.05) is 23.0 Å². The van der Waals surface area contributed by atoms with E-state index < -0.39 is 49.7 Å². The lowest BCUT2D eigenvalue weighted by Gasteiger charge is -2.39. The number of β-lactam (4-membered cyclic amide) rings is 1. The van der Waals surface area contributed by atoms with Crippen LogP contribution in [0.2, 0.25) is 18.6 Å². The number of hydrogen-bond acceptors (Lipinski definition) is 8. The number of esters is 1. The summed E-state index contributed by atoms with van der Waals surface area (Å²) >= 11 is 0. The molecule has 2 fully saturated rings. The van der Waals surface area contributed by atoms with Gasteiger partial charge in [-0.25, -0.2) is 0 Å². The van der Waals surface area contributed by atoms with Crippen LogP contribution in [-0.4, -0.2) is 78.3 Å². The average molecular weight is 648 g/mol. The molecule has 3 amide bonds. The van der Waals surface area contributed by atoms with Gasteiger partial charge in [0.05, 0.1) is 37.3 Å². The minimum Gasteiger partial charge on any atom is -0.441 e. The maximum absolute atomic E-state index is 14.5. The van der Waals surface area contributed by atoms with Crippen LogP contribution >= 0.6 is 0 Å². The lowest BCUT2D eigenvalue weighted by atomic mass is 9.82. The number of ether oxygens (including phenoxy) is 2. The van der Waals surface area contributed by atoms with Gasteiger partial charge in [-0.3, -0.25) is 24.1 Å². The molecule has 2 saturated heterocycles. The smallest absolute Gasteiger partial charge is 0.304 e. The number of amides is 3. The Kier molecular flexibility index (Phi) is 8.20. The number of hydrogen-bond donors (Lipinski definition) is 2. The summed E-state index contributed by atoms with van der Waals surface area (Å²) in [6.45, 7) is 11.0. The number of anilines is 2. The van der Waals surface area contributed by atoms with Crippen molar-refractivity contribution in [3.63, 3.8) is 0 Å². The van der Waals surface area contributed by atoms with E-state index in [4.69, 9.17) is 9.47 Å². The third kappa shape index (κ3) is 5.07. The van der Waals surface area contributed by atoms with Crippen molar-refractivity contribution in [3.8, 4) is 0 Å². The molecule has 2 N–H and O–H groups in total. The summed E-state index contributed by atoms with van der Waals surface area (Å²) in [6, 6.07) is 12.7. The van der Waals surface area contributed by atoms with Crippen molar-refractivity contribution in [1.82, 2.24) is 4.90 Å². The van der Waals surface area contributed by atoms with Crippen molar-refractivity contribution in [2.45, 2.75) is 82.3 Å². The molecular weight excluding hydrogens is 606 g/mol. The van der Waals surface area contributed by atoms with Crippen LogP contribution in [-0.2, 0) is 47.2 Å². The van der Waals surface area contributed by atoms with Gasteiger partial charge in [0.25, 0.3) is 5.91 Å². The summed E-state index contributed by atoms with van der Waals surface area (Å²) in [4.78, 5) is 69.2. The maximum Gasteiger partial charge on any atom is 0.304 e. The highest BCUT2D eigenvalue weighted by atomic mass is 28.4. The quantitative estimate of drug-likeness (QED) is 0.193. The summed E-state index contributed by atoms with van der Waals surface area (Å²) in [7, 11) is -3.06. The zero-order valence-corrected chi connectivity index (χ0v) is 27.6. The van der Waals surface area contributed by atoms with E-state index in [0.717, 1.165) is 11.1 Å². The number of aliphatic hydroxyl groups excluding tert-OH is 1. The third-order valence-corrected chi connectivity index (χ3v) is 12.5. The van der Waals surface area contributed by atoms with Crippen LogP contribution in [0, 0.1) is 5.92 Å². The van der Waals surface area contributed by atoms with Crippen LogP contribution in [0.15, 0.2) is 55.1 Å². The molecule has 1 spiro atoms. The fourth-order valence-electron chi connectivity index (χ4n) is 8.04. The Morgan fingerprint density at radius 2 is 1.87 bits per heavy atom. The van der Waals surface area contributed by atoms with Gasteiger partial charge in [0.2, 0.25) is 11.8 Å². The molecule has 2 aromatic rings. The summed E-state index contributed by atoms with van der Waals surface area (Å²) < 4.78 is 12.2. The molecule has 0 saturated carbocycles. The van der Waals surface area contributed by atoms with Gasteiger partial charge in [-0.1, -0.05) is 37.3 Å². The van der Waals surface area contributed by atoms with Crippen molar-refractivity contribution < 1.29 is 38.6 Å². The van der Waals surface area contributed by atoms with E-state index in [-0.39, 0.29) is 43.7 Å². The third-order valence-electron chi connectivity index (χ3n) is 10.0. The fourth-order valence-corrected chi connectivity index (χ4v) is 10.6. The molecule has 1 unspecified atom stereocenters. The second-order valence-corrected chi connectivity index (χ2v) is 17.3. The van der Waals surface area contributed by atoms with E-state index in [0.29, 0.717) is 29.9 Å². The van der Waals surface area contributed by atoms with Crippen molar-refractivity contribution in [1.29, 1.82) is 0 Å². The summed E-state index contributed by atoms with van der Waals surface area (Å²) in [5, 5.41) is 10.2. The topological polar surface area (TPSA) is 137 Å². The molecule has 4 aliphatic heterocycles. The Morgan fingerprint density at radius 1 is 1.15 bits per heavy atom. The minimum atomic E-state index is -3.06.